The Morgan fingerprint density at radius 2 is 1.50 bits per heavy atom. The van der Waals surface area contributed by atoms with Crippen molar-refractivity contribution in [3.8, 4) is 0 Å². The summed E-state index contributed by atoms with van der Waals surface area (Å²) in [5, 5.41) is 0. The molecule has 1 heterocycles. The minimum atomic E-state index is -1.14. The highest BCUT2D eigenvalue weighted by molar-refractivity contribution is 6.80. The maximum atomic E-state index is 2.58. The van der Waals surface area contributed by atoms with Gasteiger partial charge in [0.2, 0.25) is 0 Å². The van der Waals surface area contributed by atoms with Crippen LogP contribution in [0.2, 0.25) is 19.6 Å². The highest BCUT2D eigenvalue weighted by Crippen LogP contribution is 2.45. The Hall–Kier alpha value is -1.64. The van der Waals surface area contributed by atoms with Crippen LogP contribution in [0.25, 0.3) is 0 Å². The van der Waals surface area contributed by atoms with E-state index in [1.807, 2.05) is 0 Å². The van der Waals surface area contributed by atoms with Crippen LogP contribution in [-0.4, -0.2) is 19.0 Å². The molecule has 0 spiro atoms. The minimum Gasteiger partial charge on any atom is -0.282 e. The van der Waals surface area contributed by atoms with Crippen LogP contribution in [0.15, 0.2) is 72.4 Å². The second-order valence-electron chi connectivity index (χ2n) is 7.23. The van der Waals surface area contributed by atoms with Crippen molar-refractivity contribution in [2.24, 2.45) is 0 Å². The standard InChI is InChI=1S/C20H25NSi/c1-22(2,3)15-14-19-20(18-12-8-5-9-13-18)21(19)16-17-10-6-4-7-11-17/h4-15,19-20H,16H2,1-3H3/b15-14+/t19-,20-,21?/m1/s1. The first-order chi connectivity index (χ1) is 10.5. The van der Waals surface area contributed by atoms with Crippen LogP contribution in [-0.2, 0) is 6.54 Å². The van der Waals surface area contributed by atoms with Gasteiger partial charge in [0, 0.05) is 12.6 Å². The van der Waals surface area contributed by atoms with E-state index in [-0.39, 0.29) is 0 Å². The molecule has 0 saturated carbocycles. The van der Waals surface area contributed by atoms with Crippen molar-refractivity contribution in [2.75, 3.05) is 0 Å². The second-order valence-corrected chi connectivity index (χ2v) is 12.3. The van der Waals surface area contributed by atoms with Gasteiger partial charge in [0.25, 0.3) is 0 Å². The summed E-state index contributed by atoms with van der Waals surface area (Å²) in [6, 6.07) is 22.8. The molecule has 0 radical (unpaired) electrons. The van der Waals surface area contributed by atoms with Crippen molar-refractivity contribution < 1.29 is 0 Å². The van der Waals surface area contributed by atoms with Gasteiger partial charge in [-0.1, -0.05) is 92.1 Å². The normalized spacial score (nSPS) is 24.6. The summed E-state index contributed by atoms with van der Waals surface area (Å²) < 4.78 is 0. The van der Waals surface area contributed by atoms with Crippen LogP contribution in [0.1, 0.15) is 17.2 Å². The van der Waals surface area contributed by atoms with Crippen LogP contribution in [0.3, 0.4) is 0 Å². The molecule has 3 atom stereocenters. The number of nitrogens with zero attached hydrogens (tertiary/aromatic N) is 1. The number of rotatable bonds is 5. The van der Waals surface area contributed by atoms with Crippen molar-refractivity contribution in [1.29, 1.82) is 0 Å². The predicted molar refractivity (Wildman–Crippen MR) is 97.4 cm³/mol. The molecule has 2 heteroatoms. The Balaban J connectivity index is 1.78. The van der Waals surface area contributed by atoms with Gasteiger partial charge in [-0.15, -0.1) is 0 Å². The van der Waals surface area contributed by atoms with Gasteiger partial charge in [-0.2, -0.15) is 0 Å². The zero-order valence-corrected chi connectivity index (χ0v) is 14.7. The molecule has 1 saturated heterocycles. The summed E-state index contributed by atoms with van der Waals surface area (Å²) in [6.45, 7) is 8.21. The van der Waals surface area contributed by atoms with Crippen LogP contribution < -0.4 is 0 Å². The van der Waals surface area contributed by atoms with Gasteiger partial charge in [-0.25, -0.2) is 0 Å². The summed E-state index contributed by atoms with van der Waals surface area (Å²) >= 11 is 0. The third-order valence-electron chi connectivity index (χ3n) is 4.12. The average Bonchev–Trinajstić information content (AvgIpc) is 3.19. The molecule has 0 N–H and O–H groups in total. The van der Waals surface area contributed by atoms with Crippen LogP contribution in [0.5, 0.6) is 0 Å². The Bertz CT molecular complexity index is 628. The Kier molecular flexibility index (Phi) is 4.32. The highest BCUT2D eigenvalue weighted by Gasteiger charge is 2.46. The van der Waals surface area contributed by atoms with Crippen molar-refractivity contribution in [3.63, 3.8) is 0 Å². The largest absolute Gasteiger partial charge is 0.282 e. The first kappa shape index (κ1) is 15.3. The quantitative estimate of drug-likeness (QED) is 0.552. The summed E-state index contributed by atoms with van der Waals surface area (Å²) in [7, 11) is -1.14. The highest BCUT2D eigenvalue weighted by atomic mass is 28.3. The maximum absolute atomic E-state index is 2.58. The molecule has 1 unspecified atom stereocenters. The van der Waals surface area contributed by atoms with E-state index in [1.54, 1.807) is 0 Å². The molecule has 1 nitrogen and oxygen atoms in total. The molecule has 2 aromatic carbocycles. The molecular weight excluding hydrogens is 282 g/mol. The van der Waals surface area contributed by atoms with Gasteiger partial charge < -0.3 is 0 Å². The average molecular weight is 308 g/mol. The van der Waals surface area contributed by atoms with E-state index in [2.05, 4.69) is 97.0 Å². The molecule has 0 aromatic heterocycles. The molecule has 22 heavy (non-hydrogen) atoms. The molecule has 1 fully saturated rings. The fourth-order valence-corrected chi connectivity index (χ4v) is 3.71. The summed E-state index contributed by atoms with van der Waals surface area (Å²) in [5.74, 6) is 0. The molecule has 0 bridgehead atoms. The fraction of sp³-hybridized carbons (Fsp3) is 0.300. The molecule has 2 aromatic rings. The number of hydrogen-bond donors (Lipinski definition) is 0. The molecule has 3 rings (SSSR count). The molecule has 1 aliphatic heterocycles. The summed E-state index contributed by atoms with van der Waals surface area (Å²) in [6.07, 6.45) is 2.45. The summed E-state index contributed by atoms with van der Waals surface area (Å²) in [5.41, 5.74) is 5.31. The lowest BCUT2D eigenvalue weighted by Gasteiger charge is -2.08. The zero-order chi connectivity index (χ0) is 15.6. The van der Waals surface area contributed by atoms with Gasteiger partial charge in [0.1, 0.15) is 0 Å². The second kappa shape index (κ2) is 6.23. The first-order valence-corrected chi connectivity index (χ1v) is 11.7. The van der Waals surface area contributed by atoms with E-state index in [9.17, 15) is 0 Å². The SMILES string of the molecule is C[Si](C)(C)/C=C/[C@@H]1[C@@H](c2ccccc2)N1Cc1ccccc1. The minimum absolute atomic E-state index is 0.536. The topological polar surface area (TPSA) is 3.01 Å². The lowest BCUT2D eigenvalue weighted by atomic mass is 10.1. The monoisotopic (exact) mass is 307 g/mol. The van der Waals surface area contributed by atoms with Crippen LogP contribution in [0, 0.1) is 0 Å². The van der Waals surface area contributed by atoms with Crippen molar-refractivity contribution in [3.05, 3.63) is 83.6 Å². The number of benzene rings is 2. The summed E-state index contributed by atoms with van der Waals surface area (Å²) in [4.78, 5) is 2.58. The first-order valence-electron chi connectivity index (χ1n) is 8.08. The van der Waals surface area contributed by atoms with Gasteiger partial charge in [-0.3, -0.25) is 4.90 Å². The lowest BCUT2D eigenvalue weighted by Crippen LogP contribution is -2.16. The van der Waals surface area contributed by atoms with E-state index < -0.39 is 8.07 Å². The van der Waals surface area contributed by atoms with Crippen molar-refractivity contribution in [1.82, 2.24) is 4.90 Å². The van der Waals surface area contributed by atoms with E-state index in [0.29, 0.717) is 12.1 Å². The Morgan fingerprint density at radius 1 is 0.909 bits per heavy atom. The Morgan fingerprint density at radius 3 is 2.09 bits per heavy atom. The molecule has 0 aliphatic carbocycles. The maximum Gasteiger partial charge on any atom is 0.0683 e. The van der Waals surface area contributed by atoms with E-state index in [4.69, 9.17) is 0 Å². The molecule has 1 aliphatic rings. The van der Waals surface area contributed by atoms with Gasteiger partial charge >= 0.3 is 0 Å². The van der Waals surface area contributed by atoms with Crippen LogP contribution in [0.4, 0.5) is 0 Å². The zero-order valence-electron chi connectivity index (χ0n) is 13.7. The predicted octanol–water partition coefficient (Wildman–Crippen LogP) is 5.05. The molecule has 114 valence electrons. The van der Waals surface area contributed by atoms with Gasteiger partial charge in [0.05, 0.1) is 14.1 Å². The fourth-order valence-electron chi connectivity index (χ4n) is 2.94. The van der Waals surface area contributed by atoms with E-state index in [1.165, 1.54) is 11.1 Å². The lowest BCUT2D eigenvalue weighted by molar-refractivity contribution is 0.493. The van der Waals surface area contributed by atoms with E-state index >= 15 is 0 Å². The molecule has 0 amide bonds. The number of hydrogen-bond acceptors (Lipinski definition) is 1. The Labute approximate surface area is 135 Å². The third kappa shape index (κ3) is 3.76. The van der Waals surface area contributed by atoms with E-state index in [0.717, 1.165) is 6.54 Å². The van der Waals surface area contributed by atoms with Crippen molar-refractivity contribution in [2.45, 2.75) is 38.3 Å². The smallest absolute Gasteiger partial charge is 0.0683 e. The molecular formula is C20H25NSi. The third-order valence-corrected chi connectivity index (χ3v) is 5.31. The van der Waals surface area contributed by atoms with Crippen molar-refractivity contribution >= 4 is 8.07 Å². The van der Waals surface area contributed by atoms with Gasteiger partial charge in [-0.05, 0) is 11.1 Å². The van der Waals surface area contributed by atoms with Gasteiger partial charge in [0.15, 0.2) is 0 Å². The van der Waals surface area contributed by atoms with Crippen LogP contribution >= 0.6 is 0 Å².